The van der Waals surface area contributed by atoms with Gasteiger partial charge < -0.3 is 9.64 Å². The molecule has 1 aromatic carbocycles. The second-order valence-electron chi connectivity index (χ2n) is 8.47. The van der Waals surface area contributed by atoms with Gasteiger partial charge in [0.05, 0.1) is 12.9 Å². The summed E-state index contributed by atoms with van der Waals surface area (Å²) in [4.78, 5) is 15.2. The average molecular weight is 431 g/mol. The van der Waals surface area contributed by atoms with Crippen molar-refractivity contribution in [2.24, 2.45) is 0 Å². The molecule has 1 heterocycles. The summed E-state index contributed by atoms with van der Waals surface area (Å²) in [6.07, 6.45) is 5.98. The Morgan fingerprint density at radius 1 is 1.13 bits per heavy atom. The maximum absolute atomic E-state index is 13.1. The molecule has 0 bridgehead atoms. The Morgan fingerprint density at radius 2 is 1.80 bits per heavy atom. The van der Waals surface area contributed by atoms with Gasteiger partial charge in [0.2, 0.25) is 5.91 Å². The minimum absolute atomic E-state index is 0.189. The van der Waals surface area contributed by atoms with Crippen molar-refractivity contribution < 1.29 is 9.53 Å². The number of rotatable bonds is 8. The number of hydrogen-bond acceptors (Lipinski definition) is 5. The molecule has 0 unspecified atom stereocenters. The van der Waals surface area contributed by atoms with Gasteiger partial charge in [-0.2, -0.15) is 0 Å². The van der Waals surface area contributed by atoms with Crippen molar-refractivity contribution in [2.45, 2.75) is 83.1 Å². The van der Waals surface area contributed by atoms with Crippen molar-refractivity contribution in [2.75, 3.05) is 12.9 Å². The maximum Gasteiger partial charge on any atom is 0.233 e. The summed E-state index contributed by atoms with van der Waals surface area (Å²) >= 11 is 1.49. The summed E-state index contributed by atoms with van der Waals surface area (Å²) in [6.45, 7) is 8.47. The largest absolute Gasteiger partial charge is 0.497 e. The van der Waals surface area contributed by atoms with Crippen molar-refractivity contribution in [3.05, 3.63) is 24.3 Å². The molecular weight excluding hydrogens is 396 g/mol. The number of nitrogens with zero attached hydrogens (tertiary/aromatic N) is 4. The van der Waals surface area contributed by atoms with Crippen LogP contribution in [0.5, 0.6) is 5.75 Å². The molecule has 0 atom stereocenters. The van der Waals surface area contributed by atoms with E-state index in [2.05, 4.69) is 47.4 Å². The van der Waals surface area contributed by atoms with Crippen LogP contribution >= 0.6 is 11.8 Å². The second-order valence-corrected chi connectivity index (χ2v) is 9.42. The summed E-state index contributed by atoms with van der Waals surface area (Å²) in [5.41, 5.74) is 0.987. The Bertz CT molecular complexity index is 826. The molecule has 30 heavy (non-hydrogen) atoms. The lowest BCUT2D eigenvalue weighted by molar-refractivity contribution is -0.133. The molecular formula is C23H34N4O2S. The molecule has 2 aromatic rings. The van der Waals surface area contributed by atoms with Crippen molar-refractivity contribution in [1.82, 2.24) is 19.7 Å². The van der Waals surface area contributed by atoms with E-state index in [1.165, 1.54) is 31.0 Å². The molecule has 0 N–H and O–H groups in total. The Labute approximate surface area is 184 Å². The first-order valence-electron chi connectivity index (χ1n) is 11.0. The third-order valence-electron chi connectivity index (χ3n) is 5.67. The lowest BCUT2D eigenvalue weighted by Crippen LogP contribution is -2.46. The molecule has 0 radical (unpaired) electrons. The van der Waals surface area contributed by atoms with Gasteiger partial charge in [-0.3, -0.25) is 9.36 Å². The number of carbonyl (C=O) groups is 1. The minimum Gasteiger partial charge on any atom is -0.497 e. The predicted molar refractivity (Wildman–Crippen MR) is 122 cm³/mol. The highest BCUT2D eigenvalue weighted by Crippen LogP contribution is 2.30. The zero-order valence-corrected chi connectivity index (χ0v) is 19.6. The van der Waals surface area contributed by atoms with Crippen LogP contribution in [0.15, 0.2) is 29.4 Å². The van der Waals surface area contributed by atoms with E-state index < -0.39 is 0 Å². The number of methoxy groups -OCH3 is 1. The molecule has 1 amide bonds. The highest BCUT2D eigenvalue weighted by molar-refractivity contribution is 7.99. The van der Waals surface area contributed by atoms with Crippen molar-refractivity contribution in [3.63, 3.8) is 0 Å². The van der Waals surface area contributed by atoms with Gasteiger partial charge in [-0.25, -0.2) is 0 Å². The van der Waals surface area contributed by atoms with Crippen LogP contribution in [0.4, 0.5) is 0 Å². The lowest BCUT2D eigenvalue weighted by Gasteiger charge is -2.37. The standard InChI is InChI=1S/C23H34N4O2S/c1-16(2)26(19-9-7-6-8-10-19)21(28)15-30-23-25-24-22(27(23)17(3)4)18-11-13-20(29-5)14-12-18/h11-14,16-17,19H,6-10,15H2,1-5H3. The topological polar surface area (TPSA) is 60.3 Å². The normalized spacial score (nSPS) is 15.0. The smallest absolute Gasteiger partial charge is 0.233 e. The summed E-state index contributed by atoms with van der Waals surface area (Å²) < 4.78 is 7.37. The molecule has 1 aliphatic carbocycles. The Hall–Kier alpha value is -2.02. The van der Waals surface area contributed by atoms with Crippen molar-refractivity contribution >= 4 is 17.7 Å². The average Bonchev–Trinajstić information content (AvgIpc) is 3.17. The van der Waals surface area contributed by atoms with Crippen molar-refractivity contribution in [3.8, 4) is 17.1 Å². The molecule has 3 rings (SSSR count). The van der Waals surface area contributed by atoms with E-state index in [0.29, 0.717) is 11.8 Å². The summed E-state index contributed by atoms with van der Waals surface area (Å²) in [7, 11) is 1.66. The number of carbonyl (C=O) groups excluding carboxylic acids is 1. The van der Waals surface area contributed by atoms with Crippen LogP contribution in [-0.2, 0) is 4.79 Å². The van der Waals surface area contributed by atoms with E-state index >= 15 is 0 Å². The van der Waals surface area contributed by atoms with Crippen molar-refractivity contribution in [1.29, 1.82) is 0 Å². The highest BCUT2D eigenvalue weighted by atomic mass is 32.2. The predicted octanol–water partition coefficient (Wildman–Crippen LogP) is 5.20. The number of aromatic nitrogens is 3. The van der Waals surface area contributed by atoms with E-state index in [9.17, 15) is 4.79 Å². The van der Waals surface area contributed by atoms with Crippen LogP contribution in [0, 0.1) is 0 Å². The molecule has 0 saturated heterocycles. The molecule has 0 spiro atoms. The van der Waals surface area contributed by atoms with Gasteiger partial charge in [0.25, 0.3) is 0 Å². The number of benzene rings is 1. The molecule has 0 aliphatic heterocycles. The highest BCUT2D eigenvalue weighted by Gasteiger charge is 2.28. The quantitative estimate of drug-likeness (QED) is 0.539. The van der Waals surface area contributed by atoms with Gasteiger partial charge in [-0.1, -0.05) is 31.0 Å². The zero-order chi connectivity index (χ0) is 21.7. The molecule has 1 fully saturated rings. The fourth-order valence-corrected chi connectivity index (χ4v) is 5.19. The van der Waals surface area contributed by atoms with Gasteiger partial charge in [0.15, 0.2) is 11.0 Å². The van der Waals surface area contributed by atoms with Crippen LogP contribution in [0.25, 0.3) is 11.4 Å². The number of ether oxygens (including phenoxy) is 1. The van der Waals surface area contributed by atoms with Crippen LogP contribution in [0.3, 0.4) is 0 Å². The van der Waals surface area contributed by atoms with Crippen LogP contribution in [0.1, 0.15) is 65.8 Å². The lowest BCUT2D eigenvalue weighted by atomic mass is 9.93. The number of thioether (sulfide) groups is 1. The zero-order valence-electron chi connectivity index (χ0n) is 18.8. The van der Waals surface area contributed by atoms with Gasteiger partial charge in [-0.05, 0) is 64.8 Å². The number of amides is 1. The molecule has 1 saturated carbocycles. The summed E-state index contributed by atoms with van der Waals surface area (Å²) in [5.74, 6) is 2.22. The molecule has 1 aliphatic rings. The fourth-order valence-electron chi connectivity index (χ4n) is 4.25. The molecule has 164 valence electrons. The Morgan fingerprint density at radius 3 is 2.37 bits per heavy atom. The fraction of sp³-hybridized carbons (Fsp3) is 0.609. The molecule has 1 aromatic heterocycles. The van der Waals surface area contributed by atoms with Gasteiger partial charge in [0.1, 0.15) is 5.75 Å². The summed E-state index contributed by atoms with van der Waals surface area (Å²) in [6, 6.07) is 8.62. The first kappa shape index (κ1) is 22.7. The first-order chi connectivity index (χ1) is 14.4. The van der Waals surface area contributed by atoms with E-state index in [1.54, 1.807) is 7.11 Å². The first-order valence-corrected chi connectivity index (χ1v) is 11.9. The van der Waals surface area contributed by atoms with Crippen LogP contribution in [0.2, 0.25) is 0 Å². The van der Waals surface area contributed by atoms with E-state index in [0.717, 1.165) is 35.1 Å². The van der Waals surface area contributed by atoms with E-state index in [-0.39, 0.29) is 18.0 Å². The third-order valence-corrected chi connectivity index (χ3v) is 6.59. The molecule has 7 heteroatoms. The number of hydrogen-bond donors (Lipinski definition) is 0. The van der Waals surface area contributed by atoms with Gasteiger partial charge >= 0.3 is 0 Å². The van der Waals surface area contributed by atoms with Crippen LogP contribution in [-0.4, -0.2) is 50.5 Å². The van der Waals surface area contributed by atoms with E-state index in [1.807, 2.05) is 24.3 Å². The minimum atomic E-state index is 0.189. The Kier molecular flexibility index (Phi) is 7.81. The van der Waals surface area contributed by atoms with Gasteiger partial charge in [0, 0.05) is 23.7 Å². The van der Waals surface area contributed by atoms with E-state index in [4.69, 9.17) is 4.74 Å². The monoisotopic (exact) mass is 430 g/mol. The Balaban J connectivity index is 1.75. The van der Waals surface area contributed by atoms with Crippen LogP contribution < -0.4 is 4.74 Å². The SMILES string of the molecule is COc1ccc(-c2nnc(SCC(=O)N(C(C)C)C3CCCCC3)n2C(C)C)cc1. The summed E-state index contributed by atoms with van der Waals surface area (Å²) in [5, 5.41) is 9.64. The van der Waals surface area contributed by atoms with Gasteiger partial charge in [-0.15, -0.1) is 10.2 Å². The second kappa shape index (κ2) is 10.3. The molecule has 6 nitrogen and oxygen atoms in total. The maximum atomic E-state index is 13.1. The third kappa shape index (κ3) is 5.17.